The molecule has 0 aliphatic carbocycles. The van der Waals surface area contributed by atoms with Crippen LogP contribution in [0.4, 0.5) is 11.6 Å². The average molecular weight is 1900 g/mol. The molecule has 0 fully saturated rings. The van der Waals surface area contributed by atoms with Crippen molar-refractivity contribution < 1.29 is 41.0 Å². The van der Waals surface area contributed by atoms with Gasteiger partial charge in [0.1, 0.15) is 66.9 Å². The minimum absolute atomic E-state index is 0. The number of azide groups is 1. The van der Waals surface area contributed by atoms with E-state index in [1.165, 1.54) is 20.6 Å². The molecule has 7 N–H and O–H groups in total. The highest BCUT2D eigenvalue weighted by Gasteiger charge is 2.20. The number of nitriles is 3. The number of aryl methyl sites for hydroxylation is 3. The van der Waals surface area contributed by atoms with Gasteiger partial charge in [0.15, 0.2) is 12.6 Å². The monoisotopic (exact) mass is 1900 g/mol. The number of carbonyl (C=O) groups is 1. The largest absolute Gasteiger partial charge is 0.383 e. The second kappa shape index (κ2) is 59.9. The third-order valence-corrected chi connectivity index (χ3v) is 18.7. The Morgan fingerprint density at radius 2 is 0.968 bits per heavy atom. The number of amides is 1. The summed E-state index contributed by atoms with van der Waals surface area (Å²) in [5.41, 5.74) is 34.3. The van der Waals surface area contributed by atoms with Crippen molar-refractivity contribution in [3.63, 3.8) is 0 Å². The van der Waals surface area contributed by atoms with Crippen LogP contribution in [0.1, 0.15) is 68.2 Å². The summed E-state index contributed by atoms with van der Waals surface area (Å²) >= 11 is 29.8. The second-order valence-corrected chi connectivity index (χ2v) is 44.7. The summed E-state index contributed by atoms with van der Waals surface area (Å²) in [6, 6.07) is 45.0. The number of benzene rings is 1. The number of carbonyl (C=O) groups excluding carboxylic acids is 1. The van der Waals surface area contributed by atoms with E-state index >= 15 is 0 Å². The highest BCUT2D eigenvalue weighted by atomic mass is 36.0. The Bertz CT molecular complexity index is 6030. The number of nitrogens with two attached hydrogens (primary N) is 3. The number of aromatic nitrogens is 12. The van der Waals surface area contributed by atoms with E-state index in [1.807, 2.05) is 55.5 Å². The summed E-state index contributed by atoms with van der Waals surface area (Å²) in [6.07, 6.45) is 26.5. The lowest BCUT2D eigenvalue weighted by Crippen LogP contribution is -2.21. The molecule has 126 heavy (non-hydrogen) atoms. The number of fused-ring (bicyclic) bond motifs is 4. The fourth-order valence-electron chi connectivity index (χ4n) is 9.41. The maximum Gasteiger partial charge on any atom is 0.339 e. The maximum atomic E-state index is 11.4. The summed E-state index contributed by atoms with van der Waals surface area (Å²) in [7, 11) is -0.113. The number of nitrogens with one attached hydrogen (secondary N) is 1. The van der Waals surface area contributed by atoms with Gasteiger partial charge >= 0.3 is 15.3 Å². The predicted molar refractivity (Wildman–Crippen MR) is 506 cm³/mol. The van der Waals surface area contributed by atoms with Crippen molar-refractivity contribution in [3.8, 4) is 41.6 Å². The molecule has 31 nitrogen and oxygen atoms in total. The molecule has 0 aliphatic rings. The molecule has 13 aromatic rings. The smallest absolute Gasteiger partial charge is 0.339 e. The van der Waals surface area contributed by atoms with Gasteiger partial charge in [0.25, 0.3) is 11.5 Å². The van der Waals surface area contributed by atoms with Gasteiger partial charge in [0, 0.05) is 143 Å². The highest BCUT2D eigenvalue weighted by Crippen LogP contribution is 2.61. The first kappa shape index (κ1) is 112. The first-order valence-corrected chi connectivity index (χ1v) is 50.5. The quantitative estimate of drug-likeness (QED) is 0.00843. The minimum atomic E-state index is -3.80. The Labute approximate surface area is 763 Å². The normalized spacial score (nSPS) is 10.1. The van der Waals surface area contributed by atoms with Gasteiger partial charge in [-0.3, -0.25) is 49.0 Å². The number of halogens is 6. The van der Waals surface area contributed by atoms with Crippen LogP contribution in [-0.2, 0) is 50.8 Å². The molecular formula is C85H94Cl6N21O10PSSi2. The Morgan fingerprint density at radius 3 is 1.41 bits per heavy atom. The zero-order chi connectivity index (χ0) is 93.7. The maximum absolute atomic E-state index is 11.4. The van der Waals surface area contributed by atoms with Crippen LogP contribution in [-0.4, -0.2) is 138 Å². The number of alkyl halides is 1. The summed E-state index contributed by atoms with van der Waals surface area (Å²) in [6.45, 7) is 18.3. The summed E-state index contributed by atoms with van der Waals surface area (Å²) in [5.74, 6) is 8.12. The lowest BCUT2D eigenvalue weighted by Gasteiger charge is -2.13. The number of hydrogen-bond donors (Lipinski definition) is 4. The van der Waals surface area contributed by atoms with Crippen molar-refractivity contribution in [1.82, 2.24) is 59.8 Å². The third kappa shape index (κ3) is 43.2. The van der Waals surface area contributed by atoms with E-state index in [0.29, 0.717) is 85.5 Å². The van der Waals surface area contributed by atoms with Crippen molar-refractivity contribution in [1.29, 1.82) is 15.8 Å². The Hall–Kier alpha value is -11.9. The van der Waals surface area contributed by atoms with Gasteiger partial charge in [-0.05, 0) is 198 Å². The van der Waals surface area contributed by atoms with Gasteiger partial charge in [0.2, 0.25) is 0 Å². The van der Waals surface area contributed by atoms with Gasteiger partial charge in [-0.1, -0.05) is 93.5 Å². The summed E-state index contributed by atoms with van der Waals surface area (Å²) < 4.78 is 56.4. The van der Waals surface area contributed by atoms with Gasteiger partial charge in [-0.25, -0.2) is 19.9 Å². The van der Waals surface area contributed by atoms with Crippen LogP contribution in [0.5, 0.6) is 0 Å². The molecule has 660 valence electrons. The fraction of sp³-hybridized carbons (Fsp3) is 0.224. The van der Waals surface area contributed by atoms with Crippen molar-refractivity contribution in [2.75, 3.05) is 40.6 Å². The van der Waals surface area contributed by atoms with Crippen LogP contribution in [0.25, 0.3) is 54.1 Å². The molecule has 41 heteroatoms. The SMILES string of the molecule is C.C#C[Si](C)(C)C.CCl.COC(Cc1ncccc1C#N)OC.COC(Cc1ncccc1C(N)=O)OC.C[Si](C)(C)C#Cc1ncccc1C#N.Cc1cc(C)c(S(=O)(=O)ON)c(C)c1.Clc1nccc2ncccc12.N#Cc1cccnc1Cl.Nc1nccc2ncccc12.O=P(Cl)(Cl)Cl.O=c1[nH]ccc2ncccc12.[N-]=[N+]=Nc1nccc2ncccc12. The second-order valence-electron chi connectivity index (χ2n) is 26.3. The van der Waals surface area contributed by atoms with Crippen LogP contribution < -0.4 is 22.9 Å². The molecule has 0 saturated carbocycles. The number of H-pyrrole nitrogens is 1. The lowest BCUT2D eigenvalue weighted by molar-refractivity contribution is -0.101. The number of terminal acetylenes is 1. The lowest BCUT2D eigenvalue weighted by atomic mass is 10.1. The van der Waals surface area contributed by atoms with Gasteiger partial charge in [0.05, 0.1) is 61.1 Å². The molecule has 0 saturated heterocycles. The number of nitrogens with zero attached hydrogens (tertiary/aromatic N) is 17. The molecule has 0 unspecified atom stereocenters. The molecule has 12 aromatic heterocycles. The molecule has 13 rings (SSSR count). The molecule has 1 aromatic carbocycles. The molecule has 0 aliphatic heterocycles. The number of rotatable bonds is 12. The van der Waals surface area contributed by atoms with E-state index < -0.39 is 43.7 Å². The van der Waals surface area contributed by atoms with Crippen molar-refractivity contribution in [3.05, 3.63) is 295 Å². The van der Waals surface area contributed by atoms with E-state index in [-0.39, 0.29) is 29.3 Å². The first-order chi connectivity index (χ1) is 59.4. The van der Waals surface area contributed by atoms with Crippen molar-refractivity contribution >= 4 is 161 Å². The number of pyridine rings is 12. The van der Waals surface area contributed by atoms with E-state index in [4.69, 9.17) is 87.3 Å². The molecule has 0 bridgehead atoms. The van der Waals surface area contributed by atoms with Gasteiger partial charge < -0.3 is 35.4 Å². The van der Waals surface area contributed by atoms with Crippen molar-refractivity contribution in [2.24, 2.45) is 16.7 Å². The van der Waals surface area contributed by atoms with Crippen LogP contribution in [0.15, 0.2) is 223 Å². The van der Waals surface area contributed by atoms with Crippen LogP contribution in [0.2, 0.25) is 49.6 Å². The predicted octanol–water partition coefficient (Wildman–Crippen LogP) is 19.2. The highest BCUT2D eigenvalue weighted by molar-refractivity contribution is 8.24. The number of hydrogen-bond acceptors (Lipinski definition) is 27. The third-order valence-electron chi connectivity index (χ3n) is 14.9. The molecule has 1 amide bonds. The zero-order valence-electron chi connectivity index (χ0n) is 70.3. The first-order valence-electron chi connectivity index (χ1n) is 36.2. The summed E-state index contributed by atoms with van der Waals surface area (Å²) in [5, 5.41) is 30.2. The van der Waals surface area contributed by atoms with Gasteiger partial charge in [-0.15, -0.1) is 29.1 Å². The molecule has 0 spiro atoms. The average Bonchev–Trinajstić information content (AvgIpc) is 0.797. The van der Waals surface area contributed by atoms with Crippen LogP contribution >= 0.6 is 73.7 Å². The van der Waals surface area contributed by atoms with Crippen LogP contribution in [0.3, 0.4) is 0 Å². The zero-order valence-corrected chi connectivity index (χ0v) is 78.6. The van der Waals surface area contributed by atoms with E-state index in [1.54, 1.807) is 193 Å². The van der Waals surface area contributed by atoms with E-state index in [0.717, 1.165) is 43.8 Å². The number of primary amides is 1. The van der Waals surface area contributed by atoms with Crippen molar-refractivity contribution in [2.45, 2.75) is 97.8 Å². The molecule has 0 atom stereocenters. The Kier molecular flexibility index (Phi) is 53.3. The van der Waals surface area contributed by atoms with E-state index in [9.17, 15) is 22.6 Å². The van der Waals surface area contributed by atoms with Crippen LogP contribution in [0, 0.1) is 78.2 Å². The topological polar surface area (TPSA) is 487 Å². The van der Waals surface area contributed by atoms with E-state index in [2.05, 4.69) is 188 Å². The Balaban J connectivity index is 0.000000697. The number of methoxy groups -OCH3 is 4. The molecular weight excluding hydrogens is 1810 g/mol. The number of nitrogen functional groups attached to an aromatic ring is 1. The fourth-order valence-corrected chi connectivity index (χ4v) is 11.3. The molecule has 0 radical (unpaired) electrons. The molecule has 12 heterocycles. The van der Waals surface area contributed by atoms with Gasteiger partial charge in [-0.2, -0.15) is 34.4 Å². The number of ether oxygens (including phenoxy) is 4. The standard InChI is InChI=1S/C11H12N2Si.C10H14N2O3.C10H12N2O2.C9H13NO3S.C8H5ClN2.C8H5N5.C8H7N3.C8H6N2O.C6H3ClN2.C5H10Si.CH3Cl.CH4.Cl3OP/c1-14(2,3)8-6-11-10(9-12)5-4-7-13-11;1-14-9(15-2)6-8-7(10(11)13)4-3-5-12-8;1-13-10(14-2)6-9-8(7-11)4-3-5-12-9;1-6-4-7(2)9(8(3)5-6)14(11,12)13-10;9-8-6-2-1-4-10-7(6)3-5-11-8;9-13-12-8-6-2-1-4-10-7(6)3-5-11-8;9-8-6-2-1-4-10-7(6)3-5-11-8;11-8-6-2-1-4-9-7(6)3-5-10-8;7-6-5(4-8)2-1-3-9-6;1-5-6(2,3)4;1-2;;1-5(2,3)4/h4-5,7H,1-3H3;3-5,9H,6H2,1-2H3,(H2,11,13);3-5,10H,6H2,1-2H3;4-5H,10H2,1-3H3;1-5H;1-5H;1-5H,(H2,9,11);1-5H,(H,10,11);1-3H;1H,2-4H3;1H3;1H4;. The number of aromatic amines is 1. The summed E-state index contributed by atoms with van der Waals surface area (Å²) in [4.78, 5) is 71.7. The number of anilines is 1. The minimum Gasteiger partial charge on any atom is -0.383 e. The Morgan fingerprint density at radius 1 is 0.571 bits per heavy atom.